The van der Waals surface area contributed by atoms with Crippen molar-refractivity contribution >= 4 is 35.8 Å². The van der Waals surface area contributed by atoms with Crippen molar-refractivity contribution in [2.24, 2.45) is 18.0 Å². The highest BCUT2D eigenvalue weighted by Crippen LogP contribution is 2.19. The van der Waals surface area contributed by atoms with E-state index < -0.39 is 5.60 Å². The summed E-state index contributed by atoms with van der Waals surface area (Å²) in [7, 11) is 1.81. The highest BCUT2D eigenvalue weighted by molar-refractivity contribution is 14.0. The quantitative estimate of drug-likeness (QED) is 0.194. The lowest BCUT2D eigenvalue weighted by Crippen LogP contribution is -2.42. The molecule has 25 heavy (non-hydrogen) atoms. The number of guanidine groups is 1. The van der Waals surface area contributed by atoms with Gasteiger partial charge in [-0.1, -0.05) is 13.8 Å². The van der Waals surface area contributed by atoms with E-state index in [9.17, 15) is 9.90 Å². The summed E-state index contributed by atoms with van der Waals surface area (Å²) in [6.07, 6.45) is 3.41. The summed E-state index contributed by atoms with van der Waals surface area (Å²) in [6.45, 7) is 9.37. The second kappa shape index (κ2) is 11.3. The van der Waals surface area contributed by atoms with Gasteiger partial charge in [0.15, 0.2) is 5.96 Å². The van der Waals surface area contributed by atoms with E-state index in [4.69, 9.17) is 0 Å². The Morgan fingerprint density at radius 2 is 2.00 bits per heavy atom. The van der Waals surface area contributed by atoms with Gasteiger partial charge in [0.1, 0.15) is 5.60 Å². The van der Waals surface area contributed by atoms with Crippen molar-refractivity contribution in [2.45, 2.75) is 33.3 Å². The third-order valence-electron chi connectivity index (χ3n) is 3.46. The van der Waals surface area contributed by atoms with Crippen LogP contribution in [0.4, 0.5) is 0 Å². The first-order chi connectivity index (χ1) is 11.3. The number of halogens is 1. The first-order valence-corrected chi connectivity index (χ1v) is 8.27. The molecular formula is C16H31IN6O2. The fraction of sp³-hybridized carbons (Fsp3) is 0.688. The van der Waals surface area contributed by atoms with Crippen LogP contribution in [0.25, 0.3) is 0 Å². The van der Waals surface area contributed by atoms with Crippen molar-refractivity contribution in [3.8, 4) is 0 Å². The van der Waals surface area contributed by atoms with E-state index in [1.807, 2.05) is 20.8 Å². The molecule has 0 aliphatic heterocycles. The Labute approximate surface area is 166 Å². The van der Waals surface area contributed by atoms with Crippen molar-refractivity contribution in [3.05, 3.63) is 18.0 Å². The molecule has 0 fully saturated rings. The molecule has 4 N–H and O–H groups in total. The molecule has 0 spiro atoms. The second-order valence-corrected chi connectivity index (χ2v) is 6.24. The standard InChI is InChI=1S/C16H30N6O2.HI/c1-6-17-15(19-8-7-18-14(23)12(2)3)20-11-16(4,24)13-9-21-22(5)10-13;/h9-10,12,24H,6-8,11H2,1-5H3,(H,18,23)(H2,17,19,20);1H. The summed E-state index contributed by atoms with van der Waals surface area (Å²) in [5, 5.41) is 23.7. The molecule has 1 heterocycles. The molecule has 1 rings (SSSR count). The summed E-state index contributed by atoms with van der Waals surface area (Å²) < 4.78 is 1.65. The van der Waals surface area contributed by atoms with Crippen LogP contribution in [0, 0.1) is 5.92 Å². The number of aromatic nitrogens is 2. The largest absolute Gasteiger partial charge is 0.383 e. The zero-order valence-electron chi connectivity index (χ0n) is 15.7. The molecule has 9 heteroatoms. The van der Waals surface area contributed by atoms with Crippen molar-refractivity contribution in [2.75, 3.05) is 26.2 Å². The number of aliphatic hydroxyl groups is 1. The first-order valence-electron chi connectivity index (χ1n) is 8.27. The third-order valence-corrected chi connectivity index (χ3v) is 3.46. The average molecular weight is 466 g/mol. The number of aliphatic imine (C=N–C) groups is 1. The summed E-state index contributed by atoms with van der Waals surface area (Å²) >= 11 is 0. The Bertz CT molecular complexity index is 557. The van der Waals surface area contributed by atoms with Crippen LogP contribution in [0.2, 0.25) is 0 Å². The van der Waals surface area contributed by atoms with Crippen LogP contribution in [0.1, 0.15) is 33.3 Å². The molecule has 0 aliphatic rings. The number of rotatable bonds is 8. The Hall–Kier alpha value is -1.36. The number of nitrogens with zero attached hydrogens (tertiary/aromatic N) is 3. The van der Waals surface area contributed by atoms with Crippen molar-refractivity contribution < 1.29 is 9.90 Å². The predicted molar refractivity (Wildman–Crippen MR) is 110 cm³/mol. The molecule has 0 bridgehead atoms. The second-order valence-electron chi connectivity index (χ2n) is 6.24. The van der Waals surface area contributed by atoms with Crippen LogP contribution < -0.4 is 16.0 Å². The van der Waals surface area contributed by atoms with Crippen molar-refractivity contribution in [1.82, 2.24) is 25.7 Å². The van der Waals surface area contributed by atoms with E-state index in [1.165, 1.54) is 0 Å². The van der Waals surface area contributed by atoms with Gasteiger partial charge in [0.25, 0.3) is 0 Å². The monoisotopic (exact) mass is 466 g/mol. The van der Waals surface area contributed by atoms with Gasteiger partial charge in [-0.2, -0.15) is 5.10 Å². The number of hydrogen-bond donors (Lipinski definition) is 4. The first kappa shape index (κ1) is 23.6. The molecule has 0 aromatic carbocycles. The number of nitrogens with one attached hydrogen (secondary N) is 3. The molecular weight excluding hydrogens is 435 g/mol. The Balaban J connectivity index is 0.00000576. The molecule has 1 unspecified atom stereocenters. The molecule has 144 valence electrons. The van der Waals surface area contributed by atoms with Gasteiger partial charge in [-0.25, -0.2) is 4.99 Å². The van der Waals surface area contributed by atoms with Gasteiger partial charge in [0.2, 0.25) is 5.91 Å². The van der Waals surface area contributed by atoms with E-state index in [-0.39, 0.29) is 42.3 Å². The molecule has 8 nitrogen and oxygen atoms in total. The van der Waals surface area contributed by atoms with Gasteiger partial charge >= 0.3 is 0 Å². The number of aryl methyl sites for hydroxylation is 1. The van der Waals surface area contributed by atoms with Crippen LogP contribution in [-0.4, -0.2) is 52.9 Å². The minimum absolute atomic E-state index is 0. The van der Waals surface area contributed by atoms with Crippen LogP contribution in [-0.2, 0) is 17.4 Å². The van der Waals surface area contributed by atoms with Crippen LogP contribution >= 0.6 is 24.0 Å². The molecule has 1 amide bonds. The topological polar surface area (TPSA) is 104 Å². The third kappa shape index (κ3) is 8.52. The molecule has 0 aliphatic carbocycles. The smallest absolute Gasteiger partial charge is 0.222 e. The average Bonchev–Trinajstić information content (AvgIpc) is 2.96. The molecule has 0 saturated heterocycles. The van der Waals surface area contributed by atoms with Gasteiger partial charge < -0.3 is 21.1 Å². The molecule has 1 aromatic rings. The van der Waals surface area contributed by atoms with Gasteiger partial charge in [0, 0.05) is 44.4 Å². The molecule has 1 atom stereocenters. The van der Waals surface area contributed by atoms with E-state index in [0.717, 1.165) is 0 Å². The SMILES string of the molecule is CCNC(=NCC(C)(O)c1cnn(C)c1)NCCNC(=O)C(C)C.I. The highest BCUT2D eigenvalue weighted by atomic mass is 127. The maximum Gasteiger partial charge on any atom is 0.222 e. The lowest BCUT2D eigenvalue weighted by atomic mass is 10.0. The number of carbonyl (C=O) groups is 1. The minimum Gasteiger partial charge on any atom is -0.383 e. The number of carbonyl (C=O) groups excluding carboxylic acids is 1. The van der Waals surface area contributed by atoms with Crippen molar-refractivity contribution in [3.63, 3.8) is 0 Å². The van der Waals surface area contributed by atoms with E-state index >= 15 is 0 Å². The van der Waals surface area contributed by atoms with Crippen LogP contribution in [0.5, 0.6) is 0 Å². The fourth-order valence-corrected chi connectivity index (χ4v) is 1.94. The summed E-state index contributed by atoms with van der Waals surface area (Å²) in [6, 6.07) is 0. The van der Waals surface area contributed by atoms with E-state index in [1.54, 1.807) is 31.0 Å². The number of hydrogen-bond acceptors (Lipinski definition) is 4. The molecule has 0 saturated carbocycles. The minimum atomic E-state index is -1.09. The maximum atomic E-state index is 11.5. The summed E-state index contributed by atoms with van der Waals surface area (Å²) in [5.41, 5.74) is -0.378. The zero-order chi connectivity index (χ0) is 18.2. The Morgan fingerprint density at radius 3 is 2.52 bits per heavy atom. The lowest BCUT2D eigenvalue weighted by Gasteiger charge is -2.20. The van der Waals surface area contributed by atoms with Crippen LogP contribution in [0.15, 0.2) is 17.4 Å². The van der Waals surface area contributed by atoms with Gasteiger partial charge in [0.05, 0.1) is 12.7 Å². The van der Waals surface area contributed by atoms with E-state index in [2.05, 4.69) is 26.0 Å². The van der Waals surface area contributed by atoms with Crippen LogP contribution in [0.3, 0.4) is 0 Å². The maximum absolute atomic E-state index is 11.5. The summed E-state index contributed by atoms with van der Waals surface area (Å²) in [5.74, 6) is 0.597. The summed E-state index contributed by atoms with van der Waals surface area (Å²) in [4.78, 5) is 15.9. The Kier molecular flexibility index (Phi) is 10.7. The number of amides is 1. The van der Waals surface area contributed by atoms with Gasteiger partial charge in [-0.05, 0) is 13.8 Å². The van der Waals surface area contributed by atoms with Crippen molar-refractivity contribution in [1.29, 1.82) is 0 Å². The van der Waals surface area contributed by atoms with E-state index in [0.29, 0.717) is 31.2 Å². The predicted octanol–water partition coefficient (Wildman–Crippen LogP) is 0.573. The molecule has 1 aromatic heterocycles. The Morgan fingerprint density at radius 1 is 1.36 bits per heavy atom. The highest BCUT2D eigenvalue weighted by Gasteiger charge is 2.24. The molecule has 0 radical (unpaired) electrons. The van der Waals surface area contributed by atoms with Gasteiger partial charge in [-0.15, -0.1) is 24.0 Å². The fourth-order valence-electron chi connectivity index (χ4n) is 1.94. The zero-order valence-corrected chi connectivity index (χ0v) is 18.0. The normalized spacial score (nSPS) is 13.8. The van der Waals surface area contributed by atoms with Gasteiger partial charge in [-0.3, -0.25) is 9.48 Å². The lowest BCUT2D eigenvalue weighted by molar-refractivity contribution is -0.123.